The highest BCUT2D eigenvalue weighted by Crippen LogP contribution is 2.35. The number of aliphatic hydroxyl groups is 1. The van der Waals surface area contributed by atoms with Gasteiger partial charge in [0.15, 0.2) is 0 Å². The lowest BCUT2D eigenvalue weighted by atomic mass is 9.80. The van der Waals surface area contributed by atoms with Crippen LogP contribution in [0.3, 0.4) is 0 Å². The third kappa shape index (κ3) is 4.01. The lowest BCUT2D eigenvalue weighted by Crippen LogP contribution is -2.38. The molecular formula is C15H26N2OS. The monoisotopic (exact) mass is 282 g/mol. The molecule has 1 N–H and O–H groups in total. The van der Waals surface area contributed by atoms with Crippen molar-refractivity contribution in [3.63, 3.8) is 0 Å². The van der Waals surface area contributed by atoms with Crippen molar-refractivity contribution in [2.45, 2.75) is 52.0 Å². The van der Waals surface area contributed by atoms with E-state index in [2.05, 4.69) is 23.9 Å². The predicted molar refractivity (Wildman–Crippen MR) is 80.4 cm³/mol. The molecule has 1 aliphatic rings. The molecule has 0 unspecified atom stereocenters. The van der Waals surface area contributed by atoms with Crippen LogP contribution in [-0.2, 0) is 6.54 Å². The van der Waals surface area contributed by atoms with Crippen LogP contribution in [0, 0.1) is 12.3 Å². The zero-order valence-electron chi connectivity index (χ0n) is 12.2. The molecule has 0 aliphatic heterocycles. The molecule has 1 saturated carbocycles. The second kappa shape index (κ2) is 6.82. The SMILES string of the molecule is Cc1ncsc1CN(C)CC1(CO)CCCCCC1. The van der Waals surface area contributed by atoms with E-state index in [1.807, 2.05) is 5.51 Å². The van der Waals surface area contributed by atoms with Crippen LogP contribution in [0.4, 0.5) is 0 Å². The molecule has 3 nitrogen and oxygen atoms in total. The van der Waals surface area contributed by atoms with E-state index in [9.17, 15) is 5.11 Å². The van der Waals surface area contributed by atoms with E-state index < -0.39 is 0 Å². The first-order valence-electron chi connectivity index (χ1n) is 7.34. The van der Waals surface area contributed by atoms with E-state index in [0.717, 1.165) is 18.8 Å². The number of aliphatic hydroxyl groups excluding tert-OH is 1. The summed E-state index contributed by atoms with van der Waals surface area (Å²) in [4.78, 5) is 8.03. The van der Waals surface area contributed by atoms with Gasteiger partial charge in [-0.2, -0.15) is 0 Å². The molecule has 1 aromatic heterocycles. The zero-order chi connectivity index (χ0) is 13.7. The maximum Gasteiger partial charge on any atom is 0.0798 e. The van der Waals surface area contributed by atoms with Gasteiger partial charge in [-0.25, -0.2) is 4.98 Å². The molecule has 1 heterocycles. The average Bonchev–Trinajstić information content (AvgIpc) is 2.66. The average molecular weight is 282 g/mol. The second-order valence-corrected chi connectivity index (χ2v) is 7.04. The van der Waals surface area contributed by atoms with Crippen molar-refractivity contribution in [3.05, 3.63) is 16.1 Å². The van der Waals surface area contributed by atoms with E-state index in [-0.39, 0.29) is 5.41 Å². The van der Waals surface area contributed by atoms with Crippen LogP contribution in [0.25, 0.3) is 0 Å². The highest BCUT2D eigenvalue weighted by molar-refractivity contribution is 7.09. The van der Waals surface area contributed by atoms with Crippen molar-refractivity contribution in [3.8, 4) is 0 Å². The number of hydrogen-bond donors (Lipinski definition) is 1. The summed E-state index contributed by atoms with van der Waals surface area (Å²) in [5, 5.41) is 9.86. The van der Waals surface area contributed by atoms with Crippen molar-refractivity contribution in [2.75, 3.05) is 20.2 Å². The minimum Gasteiger partial charge on any atom is -0.396 e. The van der Waals surface area contributed by atoms with Crippen LogP contribution in [-0.4, -0.2) is 35.2 Å². The summed E-state index contributed by atoms with van der Waals surface area (Å²) >= 11 is 1.74. The summed E-state index contributed by atoms with van der Waals surface area (Å²) in [7, 11) is 2.17. The maximum absolute atomic E-state index is 9.86. The van der Waals surface area contributed by atoms with E-state index in [1.165, 1.54) is 43.4 Å². The standard InChI is InChI=1S/C15H26N2OS/c1-13-14(19-12-16-13)9-17(2)10-15(11-18)7-5-3-4-6-8-15/h12,18H,3-11H2,1-2H3. The molecule has 1 aromatic rings. The first-order valence-corrected chi connectivity index (χ1v) is 8.21. The third-order valence-electron chi connectivity index (χ3n) is 4.36. The fraction of sp³-hybridized carbons (Fsp3) is 0.800. The van der Waals surface area contributed by atoms with Crippen molar-refractivity contribution in [1.29, 1.82) is 0 Å². The summed E-state index contributed by atoms with van der Waals surface area (Å²) in [6, 6.07) is 0. The van der Waals surface area contributed by atoms with Gasteiger partial charge in [-0.05, 0) is 26.8 Å². The normalized spacial score (nSPS) is 19.6. The third-order valence-corrected chi connectivity index (χ3v) is 5.28. The van der Waals surface area contributed by atoms with Crippen LogP contribution >= 0.6 is 11.3 Å². The second-order valence-electron chi connectivity index (χ2n) is 6.11. The Hall–Kier alpha value is -0.450. The Kier molecular flexibility index (Phi) is 5.37. The fourth-order valence-corrected chi connectivity index (χ4v) is 4.05. The summed E-state index contributed by atoms with van der Waals surface area (Å²) in [6.45, 7) is 4.37. The van der Waals surface area contributed by atoms with Gasteiger partial charge in [-0.15, -0.1) is 11.3 Å². The zero-order valence-corrected chi connectivity index (χ0v) is 13.0. The summed E-state index contributed by atoms with van der Waals surface area (Å²) in [5.41, 5.74) is 3.20. The molecule has 1 fully saturated rings. The maximum atomic E-state index is 9.86. The van der Waals surface area contributed by atoms with Gasteiger partial charge in [0, 0.05) is 30.0 Å². The molecule has 0 radical (unpaired) electrons. The van der Waals surface area contributed by atoms with Gasteiger partial charge in [0.05, 0.1) is 11.2 Å². The molecule has 0 saturated heterocycles. The van der Waals surface area contributed by atoms with Crippen molar-refractivity contribution in [2.24, 2.45) is 5.41 Å². The molecule has 0 spiro atoms. The van der Waals surface area contributed by atoms with Gasteiger partial charge in [0.25, 0.3) is 0 Å². The Morgan fingerprint density at radius 1 is 1.32 bits per heavy atom. The molecular weight excluding hydrogens is 256 g/mol. The van der Waals surface area contributed by atoms with Crippen LogP contribution in [0.15, 0.2) is 5.51 Å². The predicted octanol–water partition coefficient (Wildman–Crippen LogP) is 3.22. The summed E-state index contributed by atoms with van der Waals surface area (Å²) in [6.07, 6.45) is 7.56. The Balaban J connectivity index is 1.95. The highest BCUT2D eigenvalue weighted by Gasteiger charge is 2.31. The van der Waals surface area contributed by atoms with Gasteiger partial charge in [0.1, 0.15) is 0 Å². The van der Waals surface area contributed by atoms with E-state index >= 15 is 0 Å². The first-order chi connectivity index (χ1) is 9.15. The Morgan fingerprint density at radius 3 is 2.53 bits per heavy atom. The molecule has 0 atom stereocenters. The van der Waals surface area contributed by atoms with E-state index in [1.54, 1.807) is 11.3 Å². The van der Waals surface area contributed by atoms with Crippen LogP contribution < -0.4 is 0 Å². The largest absolute Gasteiger partial charge is 0.396 e. The number of thiazole rings is 1. The van der Waals surface area contributed by atoms with Gasteiger partial charge in [0.2, 0.25) is 0 Å². The lowest BCUT2D eigenvalue weighted by Gasteiger charge is -2.35. The topological polar surface area (TPSA) is 36.4 Å². The Bertz CT molecular complexity index is 383. The molecule has 2 rings (SSSR count). The molecule has 19 heavy (non-hydrogen) atoms. The number of nitrogens with zero attached hydrogens (tertiary/aromatic N) is 2. The first kappa shape index (κ1) is 14.9. The highest BCUT2D eigenvalue weighted by atomic mass is 32.1. The van der Waals surface area contributed by atoms with Gasteiger partial charge in [-0.3, -0.25) is 0 Å². The summed E-state index contributed by atoms with van der Waals surface area (Å²) in [5.74, 6) is 0. The van der Waals surface area contributed by atoms with Crippen molar-refractivity contribution >= 4 is 11.3 Å². The Labute approximate surface area is 120 Å². The molecule has 1 aliphatic carbocycles. The summed E-state index contributed by atoms with van der Waals surface area (Å²) < 4.78 is 0. The van der Waals surface area contributed by atoms with Gasteiger partial charge >= 0.3 is 0 Å². The minimum absolute atomic E-state index is 0.129. The van der Waals surface area contributed by atoms with Crippen molar-refractivity contribution < 1.29 is 5.11 Å². The molecule has 0 bridgehead atoms. The number of aryl methyl sites for hydroxylation is 1. The van der Waals surface area contributed by atoms with E-state index in [0.29, 0.717) is 6.61 Å². The molecule has 108 valence electrons. The minimum atomic E-state index is 0.129. The number of hydrogen-bond acceptors (Lipinski definition) is 4. The number of rotatable bonds is 5. The van der Waals surface area contributed by atoms with Gasteiger partial charge < -0.3 is 10.0 Å². The molecule has 0 aromatic carbocycles. The van der Waals surface area contributed by atoms with Gasteiger partial charge in [-0.1, -0.05) is 25.7 Å². The van der Waals surface area contributed by atoms with Crippen molar-refractivity contribution in [1.82, 2.24) is 9.88 Å². The number of aromatic nitrogens is 1. The molecule has 4 heteroatoms. The fourth-order valence-electron chi connectivity index (χ4n) is 3.20. The van der Waals surface area contributed by atoms with Crippen LogP contribution in [0.5, 0.6) is 0 Å². The molecule has 0 amide bonds. The van der Waals surface area contributed by atoms with Crippen LogP contribution in [0.1, 0.15) is 49.1 Å². The van der Waals surface area contributed by atoms with Crippen LogP contribution in [0.2, 0.25) is 0 Å². The smallest absolute Gasteiger partial charge is 0.0798 e. The van der Waals surface area contributed by atoms with E-state index in [4.69, 9.17) is 0 Å². The quantitative estimate of drug-likeness (QED) is 0.842. The lowest BCUT2D eigenvalue weighted by molar-refractivity contribution is 0.0666. The Morgan fingerprint density at radius 2 is 2.00 bits per heavy atom.